The van der Waals surface area contributed by atoms with E-state index in [4.69, 9.17) is 13.9 Å². The summed E-state index contributed by atoms with van der Waals surface area (Å²) in [4.78, 5) is 25.3. The van der Waals surface area contributed by atoms with Crippen LogP contribution in [0.25, 0.3) is 11.0 Å². The second kappa shape index (κ2) is 9.93. The average molecular weight is 449 g/mol. The van der Waals surface area contributed by atoms with Crippen LogP contribution in [0.1, 0.15) is 16.1 Å². The topological polar surface area (TPSA) is 89.8 Å². The normalized spacial score (nSPS) is 10.5. The van der Waals surface area contributed by atoms with Crippen molar-refractivity contribution in [2.45, 2.75) is 11.5 Å². The van der Waals surface area contributed by atoms with E-state index in [-0.39, 0.29) is 5.76 Å². The lowest BCUT2D eigenvalue weighted by Crippen LogP contribution is -2.36. The maximum Gasteiger partial charge on any atom is 0.332 e. The highest BCUT2D eigenvalue weighted by atomic mass is 32.2. The Labute approximate surface area is 188 Å². The van der Waals surface area contributed by atoms with Gasteiger partial charge >= 0.3 is 6.03 Å². The number of nitrogens with one attached hydrogen (secondary N) is 2. The first kappa shape index (κ1) is 21.3. The van der Waals surface area contributed by atoms with Gasteiger partial charge in [-0.3, -0.25) is 14.8 Å². The van der Waals surface area contributed by atoms with Crippen LogP contribution >= 0.6 is 11.9 Å². The lowest BCUT2D eigenvalue weighted by Gasteiger charge is -2.08. The minimum atomic E-state index is -0.659. The highest BCUT2D eigenvalue weighted by Gasteiger charge is 2.16. The van der Waals surface area contributed by atoms with Crippen LogP contribution in [-0.4, -0.2) is 19.0 Å². The maximum atomic E-state index is 12.3. The molecule has 0 spiro atoms. The smallest absolute Gasteiger partial charge is 0.332 e. The zero-order valence-electron chi connectivity index (χ0n) is 17.2. The van der Waals surface area contributed by atoms with Crippen molar-refractivity contribution in [1.82, 2.24) is 10.0 Å². The van der Waals surface area contributed by atoms with Crippen molar-refractivity contribution < 1.29 is 23.5 Å². The van der Waals surface area contributed by atoms with Crippen molar-refractivity contribution in [2.24, 2.45) is 0 Å². The predicted octanol–water partition coefficient (Wildman–Crippen LogP) is 5.17. The lowest BCUT2D eigenvalue weighted by molar-refractivity contribution is 0.0940. The Bertz CT molecular complexity index is 1240. The third kappa shape index (κ3) is 5.41. The van der Waals surface area contributed by atoms with Crippen LogP contribution in [0, 0.1) is 0 Å². The van der Waals surface area contributed by atoms with Crippen LogP contribution in [0.3, 0.4) is 0 Å². The van der Waals surface area contributed by atoms with Gasteiger partial charge in [0.25, 0.3) is 5.91 Å². The molecule has 0 atom stereocenters. The SMILES string of the molecule is COc1ccc2oc(C(=O)NC(=O)NSc3cccc(OCc4ccccc4)c3)cc2c1. The first-order valence-corrected chi connectivity index (χ1v) is 10.5. The van der Waals surface area contributed by atoms with E-state index in [1.807, 2.05) is 54.6 Å². The molecule has 3 amide bonds. The largest absolute Gasteiger partial charge is 0.497 e. The Morgan fingerprint density at radius 1 is 0.938 bits per heavy atom. The minimum Gasteiger partial charge on any atom is -0.497 e. The molecule has 0 aliphatic rings. The number of hydrogen-bond acceptors (Lipinski definition) is 6. The fourth-order valence-corrected chi connectivity index (χ4v) is 3.51. The van der Waals surface area contributed by atoms with Crippen molar-refractivity contribution >= 4 is 34.9 Å². The van der Waals surface area contributed by atoms with Crippen LogP contribution in [-0.2, 0) is 6.61 Å². The molecule has 1 heterocycles. The number of ether oxygens (including phenoxy) is 2. The molecule has 4 rings (SSSR count). The van der Waals surface area contributed by atoms with Crippen LogP contribution in [0.15, 0.2) is 88.2 Å². The van der Waals surface area contributed by atoms with E-state index in [0.29, 0.717) is 29.1 Å². The molecule has 162 valence electrons. The number of amides is 3. The van der Waals surface area contributed by atoms with E-state index in [0.717, 1.165) is 22.4 Å². The van der Waals surface area contributed by atoms with Crippen molar-refractivity contribution in [3.63, 3.8) is 0 Å². The number of benzene rings is 3. The second-order valence-corrected chi connectivity index (χ2v) is 7.63. The number of carbonyl (C=O) groups is 2. The van der Waals surface area contributed by atoms with Gasteiger partial charge in [-0.05, 0) is 60.0 Å². The Morgan fingerprint density at radius 3 is 2.59 bits per heavy atom. The minimum absolute atomic E-state index is 0.0321. The molecule has 3 aromatic carbocycles. The Kier molecular flexibility index (Phi) is 6.62. The fraction of sp³-hybridized carbons (Fsp3) is 0.0833. The number of carbonyl (C=O) groups excluding carboxylic acids is 2. The maximum absolute atomic E-state index is 12.3. The molecular formula is C24H20N2O5S. The van der Waals surface area contributed by atoms with Gasteiger partial charge in [0, 0.05) is 10.3 Å². The van der Waals surface area contributed by atoms with Crippen LogP contribution in [0.4, 0.5) is 4.79 Å². The summed E-state index contributed by atoms with van der Waals surface area (Å²) in [5.41, 5.74) is 1.59. The molecule has 0 saturated carbocycles. The predicted molar refractivity (Wildman–Crippen MR) is 122 cm³/mol. The number of fused-ring (bicyclic) bond motifs is 1. The highest BCUT2D eigenvalue weighted by molar-refractivity contribution is 7.98. The van der Waals surface area contributed by atoms with Crippen molar-refractivity contribution in [3.05, 3.63) is 90.2 Å². The van der Waals surface area contributed by atoms with Gasteiger partial charge in [-0.1, -0.05) is 36.4 Å². The number of furan rings is 1. The number of methoxy groups -OCH3 is 1. The van der Waals surface area contributed by atoms with E-state index in [9.17, 15) is 9.59 Å². The molecule has 0 unspecified atom stereocenters. The van der Waals surface area contributed by atoms with E-state index in [1.54, 1.807) is 31.4 Å². The van der Waals surface area contributed by atoms with Gasteiger partial charge in [0.2, 0.25) is 0 Å². The molecule has 0 fully saturated rings. The lowest BCUT2D eigenvalue weighted by atomic mass is 10.2. The third-order valence-corrected chi connectivity index (χ3v) is 5.27. The van der Waals surface area contributed by atoms with Crippen molar-refractivity contribution in [2.75, 3.05) is 7.11 Å². The molecule has 4 aromatic rings. The van der Waals surface area contributed by atoms with Crippen LogP contribution < -0.4 is 19.5 Å². The van der Waals surface area contributed by atoms with Crippen molar-refractivity contribution in [3.8, 4) is 11.5 Å². The molecular weight excluding hydrogens is 428 g/mol. The Hall–Kier alpha value is -3.91. The number of urea groups is 1. The summed E-state index contributed by atoms with van der Waals surface area (Å²) in [6, 6.07) is 23.2. The van der Waals surface area contributed by atoms with Gasteiger partial charge in [0.1, 0.15) is 23.7 Å². The first-order valence-electron chi connectivity index (χ1n) is 9.73. The molecule has 0 radical (unpaired) electrons. The summed E-state index contributed by atoms with van der Waals surface area (Å²) >= 11 is 1.07. The summed E-state index contributed by atoms with van der Waals surface area (Å²) in [5, 5.41) is 2.96. The van der Waals surface area contributed by atoms with E-state index in [1.165, 1.54) is 0 Å². The van der Waals surface area contributed by atoms with Gasteiger partial charge < -0.3 is 13.9 Å². The summed E-state index contributed by atoms with van der Waals surface area (Å²) in [6.45, 7) is 0.445. The standard InChI is InChI=1S/C24H20N2O5S/c1-29-18-10-11-21-17(12-18)13-22(31-21)23(27)25-24(28)26-32-20-9-5-8-19(14-20)30-15-16-6-3-2-4-7-16/h2-14H,15H2,1H3,(H2,25,26,27,28). The fourth-order valence-electron chi connectivity index (χ4n) is 2.92. The van der Waals surface area contributed by atoms with E-state index in [2.05, 4.69) is 10.0 Å². The number of rotatable bonds is 7. The molecule has 7 nitrogen and oxygen atoms in total. The van der Waals surface area contributed by atoms with Crippen molar-refractivity contribution in [1.29, 1.82) is 0 Å². The summed E-state index contributed by atoms with van der Waals surface area (Å²) < 4.78 is 19.0. The summed E-state index contributed by atoms with van der Waals surface area (Å²) in [7, 11) is 1.56. The zero-order valence-corrected chi connectivity index (χ0v) is 18.0. The van der Waals surface area contributed by atoms with Gasteiger partial charge in [-0.25, -0.2) is 4.79 Å². The Morgan fingerprint density at radius 2 is 1.78 bits per heavy atom. The highest BCUT2D eigenvalue weighted by Crippen LogP contribution is 2.24. The monoisotopic (exact) mass is 448 g/mol. The molecule has 1 aromatic heterocycles. The molecule has 2 N–H and O–H groups in total. The number of hydrogen-bond donors (Lipinski definition) is 2. The first-order chi connectivity index (χ1) is 15.6. The second-order valence-electron chi connectivity index (χ2n) is 6.75. The van der Waals surface area contributed by atoms with E-state index < -0.39 is 11.9 Å². The Balaban J connectivity index is 1.30. The third-order valence-electron chi connectivity index (χ3n) is 4.49. The quantitative estimate of drug-likeness (QED) is 0.379. The van der Waals surface area contributed by atoms with Gasteiger partial charge in [0.05, 0.1) is 7.11 Å². The molecule has 0 aliphatic carbocycles. The molecule has 0 bridgehead atoms. The van der Waals surface area contributed by atoms with Gasteiger partial charge in [0.15, 0.2) is 5.76 Å². The summed E-state index contributed by atoms with van der Waals surface area (Å²) in [6.07, 6.45) is 0. The zero-order chi connectivity index (χ0) is 22.3. The summed E-state index contributed by atoms with van der Waals surface area (Å²) in [5.74, 6) is 0.715. The number of imide groups is 1. The van der Waals surface area contributed by atoms with Crippen LogP contribution in [0.2, 0.25) is 0 Å². The molecule has 0 saturated heterocycles. The van der Waals surface area contributed by atoms with Gasteiger partial charge in [-0.2, -0.15) is 0 Å². The van der Waals surface area contributed by atoms with E-state index >= 15 is 0 Å². The molecule has 8 heteroatoms. The molecule has 0 aliphatic heterocycles. The van der Waals surface area contributed by atoms with Gasteiger partial charge in [-0.15, -0.1) is 0 Å². The molecule has 32 heavy (non-hydrogen) atoms. The van der Waals surface area contributed by atoms with Crippen LogP contribution in [0.5, 0.6) is 11.5 Å². The average Bonchev–Trinajstić information content (AvgIpc) is 3.26.